The van der Waals surface area contributed by atoms with E-state index < -0.39 is 5.92 Å². The predicted molar refractivity (Wildman–Crippen MR) is 110 cm³/mol. The van der Waals surface area contributed by atoms with Crippen molar-refractivity contribution in [2.75, 3.05) is 6.54 Å². The summed E-state index contributed by atoms with van der Waals surface area (Å²) in [5.41, 5.74) is 5.17. The second kappa shape index (κ2) is 7.64. The molecular formula is C23H21N3O2. The van der Waals surface area contributed by atoms with Crippen molar-refractivity contribution in [3.05, 3.63) is 83.9 Å². The van der Waals surface area contributed by atoms with Gasteiger partial charge in [-0.1, -0.05) is 66.7 Å². The van der Waals surface area contributed by atoms with Crippen LogP contribution in [0.2, 0.25) is 0 Å². The van der Waals surface area contributed by atoms with Crippen LogP contribution in [0.15, 0.2) is 77.9 Å². The summed E-state index contributed by atoms with van der Waals surface area (Å²) in [6.45, 7) is 2.29. The van der Waals surface area contributed by atoms with Crippen LogP contribution in [0.3, 0.4) is 0 Å². The number of hydrogen-bond donors (Lipinski definition) is 2. The fourth-order valence-electron chi connectivity index (χ4n) is 3.62. The highest BCUT2D eigenvalue weighted by Gasteiger charge is 2.40. The van der Waals surface area contributed by atoms with Crippen molar-refractivity contribution in [2.24, 2.45) is 11.0 Å². The van der Waals surface area contributed by atoms with Crippen molar-refractivity contribution in [1.29, 1.82) is 0 Å². The Morgan fingerprint density at radius 1 is 1.00 bits per heavy atom. The number of fused-ring (bicyclic) bond motifs is 1. The quantitative estimate of drug-likeness (QED) is 0.420. The zero-order valence-electron chi connectivity index (χ0n) is 15.6. The fraction of sp³-hybridized carbons (Fsp3) is 0.174. The highest BCUT2D eigenvalue weighted by molar-refractivity contribution is 6.05. The van der Waals surface area contributed by atoms with Crippen LogP contribution in [0.25, 0.3) is 10.8 Å². The molecule has 1 aliphatic heterocycles. The van der Waals surface area contributed by atoms with E-state index in [-0.39, 0.29) is 17.7 Å². The summed E-state index contributed by atoms with van der Waals surface area (Å²) < 4.78 is 0. The van der Waals surface area contributed by atoms with Crippen LogP contribution >= 0.6 is 0 Å². The third-order valence-corrected chi connectivity index (χ3v) is 5.19. The Labute approximate surface area is 163 Å². The minimum atomic E-state index is -0.782. The van der Waals surface area contributed by atoms with Crippen LogP contribution in [0.5, 0.6) is 0 Å². The lowest BCUT2D eigenvalue weighted by Gasteiger charge is -2.15. The maximum Gasteiger partial charge on any atom is 0.253 e. The summed E-state index contributed by atoms with van der Waals surface area (Å²) in [5, 5.41) is 9.30. The van der Waals surface area contributed by atoms with Crippen molar-refractivity contribution in [3.8, 4) is 0 Å². The van der Waals surface area contributed by atoms with E-state index >= 15 is 0 Å². The smallest absolute Gasteiger partial charge is 0.253 e. The third-order valence-electron chi connectivity index (χ3n) is 5.19. The number of amides is 2. The molecule has 0 aromatic heterocycles. The first-order valence-corrected chi connectivity index (χ1v) is 9.29. The molecule has 28 heavy (non-hydrogen) atoms. The second-order valence-corrected chi connectivity index (χ2v) is 6.98. The van der Waals surface area contributed by atoms with Gasteiger partial charge in [0.25, 0.3) is 5.91 Å². The Kier molecular flexibility index (Phi) is 4.89. The van der Waals surface area contributed by atoms with E-state index in [1.807, 2.05) is 73.7 Å². The molecule has 0 aliphatic carbocycles. The largest absolute Gasteiger partial charge is 0.355 e. The molecule has 3 aromatic carbocycles. The number of benzene rings is 3. The molecule has 2 amide bonds. The van der Waals surface area contributed by atoms with Gasteiger partial charge in [0.15, 0.2) is 0 Å². The lowest BCUT2D eigenvalue weighted by molar-refractivity contribution is -0.133. The molecule has 2 N–H and O–H groups in total. The molecule has 1 aliphatic rings. The van der Waals surface area contributed by atoms with Crippen molar-refractivity contribution >= 4 is 28.3 Å². The highest BCUT2D eigenvalue weighted by atomic mass is 16.2. The van der Waals surface area contributed by atoms with E-state index in [2.05, 4.69) is 21.9 Å². The number of hydrazone groups is 1. The Morgan fingerprint density at radius 2 is 1.71 bits per heavy atom. The van der Waals surface area contributed by atoms with Crippen molar-refractivity contribution in [1.82, 2.24) is 10.7 Å². The van der Waals surface area contributed by atoms with Gasteiger partial charge in [-0.2, -0.15) is 5.10 Å². The monoisotopic (exact) mass is 371 g/mol. The summed E-state index contributed by atoms with van der Waals surface area (Å²) in [4.78, 5) is 24.9. The minimum Gasteiger partial charge on any atom is -0.355 e. The molecule has 4 rings (SSSR count). The number of carbonyl (C=O) groups is 2. The zero-order valence-corrected chi connectivity index (χ0v) is 15.6. The third kappa shape index (κ3) is 3.51. The maximum absolute atomic E-state index is 12.7. The van der Waals surface area contributed by atoms with Gasteiger partial charge in [0.2, 0.25) is 5.91 Å². The van der Waals surface area contributed by atoms with Crippen molar-refractivity contribution < 1.29 is 9.59 Å². The van der Waals surface area contributed by atoms with Crippen LogP contribution in [0, 0.1) is 5.92 Å². The molecule has 2 atom stereocenters. The van der Waals surface area contributed by atoms with Crippen molar-refractivity contribution in [3.63, 3.8) is 0 Å². The molecular weight excluding hydrogens is 350 g/mol. The van der Waals surface area contributed by atoms with Gasteiger partial charge < -0.3 is 5.32 Å². The first-order chi connectivity index (χ1) is 13.6. The summed E-state index contributed by atoms with van der Waals surface area (Å²) in [6, 6.07) is 23.7. The summed E-state index contributed by atoms with van der Waals surface area (Å²) in [6.07, 6.45) is 0. The average Bonchev–Trinajstić information content (AvgIpc) is 3.13. The molecule has 0 bridgehead atoms. The van der Waals surface area contributed by atoms with E-state index in [0.29, 0.717) is 12.3 Å². The van der Waals surface area contributed by atoms with Gasteiger partial charge in [0.05, 0.1) is 5.71 Å². The van der Waals surface area contributed by atoms with Crippen LogP contribution < -0.4 is 10.7 Å². The number of rotatable bonds is 4. The van der Waals surface area contributed by atoms with Gasteiger partial charge in [-0.3, -0.25) is 9.59 Å². The molecule has 1 saturated heterocycles. The van der Waals surface area contributed by atoms with Gasteiger partial charge in [-0.25, -0.2) is 5.43 Å². The molecule has 3 aromatic rings. The SMILES string of the molecule is CC(=NNC(=O)C1C(=O)NCC1c1ccccc1)c1ccc2ccccc2c1. The van der Waals surface area contributed by atoms with Gasteiger partial charge in [0, 0.05) is 12.5 Å². The minimum absolute atomic E-state index is 0.190. The van der Waals surface area contributed by atoms with Gasteiger partial charge in [0.1, 0.15) is 5.92 Å². The second-order valence-electron chi connectivity index (χ2n) is 6.98. The van der Waals surface area contributed by atoms with E-state index in [9.17, 15) is 9.59 Å². The lowest BCUT2D eigenvalue weighted by Crippen LogP contribution is -2.35. The Bertz CT molecular complexity index is 1060. The molecule has 0 saturated carbocycles. The van der Waals surface area contributed by atoms with Crippen LogP contribution in [0.4, 0.5) is 0 Å². The topological polar surface area (TPSA) is 70.6 Å². The number of nitrogens with one attached hydrogen (secondary N) is 2. The Balaban J connectivity index is 1.52. The van der Waals surface area contributed by atoms with Crippen LogP contribution in [-0.2, 0) is 9.59 Å². The van der Waals surface area contributed by atoms with Gasteiger partial charge in [-0.05, 0) is 34.9 Å². The average molecular weight is 371 g/mol. The molecule has 1 fully saturated rings. The highest BCUT2D eigenvalue weighted by Crippen LogP contribution is 2.29. The molecule has 5 nitrogen and oxygen atoms in total. The first kappa shape index (κ1) is 17.9. The molecule has 0 spiro atoms. The van der Waals surface area contributed by atoms with Gasteiger partial charge >= 0.3 is 0 Å². The predicted octanol–water partition coefficient (Wildman–Crippen LogP) is 3.21. The molecule has 5 heteroatoms. The number of hydrogen-bond acceptors (Lipinski definition) is 3. The fourth-order valence-corrected chi connectivity index (χ4v) is 3.62. The van der Waals surface area contributed by atoms with E-state index in [4.69, 9.17) is 0 Å². The Hall–Kier alpha value is -3.47. The number of nitrogens with zero attached hydrogens (tertiary/aromatic N) is 1. The van der Waals surface area contributed by atoms with E-state index in [1.54, 1.807) is 0 Å². The molecule has 140 valence electrons. The Morgan fingerprint density at radius 3 is 2.50 bits per heavy atom. The number of carbonyl (C=O) groups excluding carboxylic acids is 2. The maximum atomic E-state index is 12.7. The van der Waals surface area contributed by atoms with Crippen LogP contribution in [0.1, 0.15) is 24.0 Å². The normalized spacial score (nSPS) is 19.5. The summed E-state index contributed by atoms with van der Waals surface area (Å²) >= 11 is 0. The van der Waals surface area contributed by atoms with Crippen molar-refractivity contribution in [2.45, 2.75) is 12.8 Å². The lowest BCUT2D eigenvalue weighted by atomic mass is 9.88. The van der Waals surface area contributed by atoms with Gasteiger partial charge in [-0.15, -0.1) is 0 Å². The first-order valence-electron chi connectivity index (χ1n) is 9.29. The van der Waals surface area contributed by atoms with Crippen LogP contribution in [-0.4, -0.2) is 24.1 Å². The van der Waals surface area contributed by atoms with E-state index in [1.165, 1.54) is 0 Å². The molecule has 0 radical (unpaired) electrons. The molecule has 1 heterocycles. The summed E-state index contributed by atoms with van der Waals surface area (Å²) in [5.74, 6) is -1.62. The summed E-state index contributed by atoms with van der Waals surface area (Å²) in [7, 11) is 0. The standard InChI is InChI=1S/C23H21N3O2/c1-15(18-12-11-16-7-5-6-10-19(16)13-18)25-26-23(28)21-20(14-24-22(21)27)17-8-3-2-4-9-17/h2-13,20-21H,14H2,1H3,(H,24,27)(H,26,28). The van der Waals surface area contributed by atoms with E-state index in [0.717, 1.165) is 21.9 Å². The zero-order chi connectivity index (χ0) is 19.5. The molecule has 2 unspecified atom stereocenters.